The highest BCUT2D eigenvalue weighted by atomic mass is 32.1. The van der Waals surface area contributed by atoms with Gasteiger partial charge < -0.3 is 0 Å². The molecule has 1 saturated carbocycles. The van der Waals surface area contributed by atoms with Gasteiger partial charge in [-0.2, -0.15) is 0 Å². The smallest absolute Gasteiger partial charge is 0.120 e. The van der Waals surface area contributed by atoms with E-state index in [9.17, 15) is 0 Å². The van der Waals surface area contributed by atoms with Crippen LogP contribution in [0.15, 0.2) is 0 Å². The molecule has 0 atom stereocenters. The zero-order valence-electron chi connectivity index (χ0n) is 6.71. The topological polar surface area (TPSA) is 25.8 Å². The molecule has 0 spiro atoms. The second-order valence-electron chi connectivity index (χ2n) is 3.06. The fraction of sp³-hybridized carbons (Fsp3) is 0.750. The highest BCUT2D eigenvalue weighted by Crippen LogP contribution is 2.41. The molecule has 1 heterocycles. The highest BCUT2D eigenvalue weighted by Gasteiger charge is 2.27. The van der Waals surface area contributed by atoms with Gasteiger partial charge >= 0.3 is 0 Å². The van der Waals surface area contributed by atoms with Gasteiger partial charge in [-0.3, -0.25) is 0 Å². The average molecular weight is 168 g/mol. The molecular weight excluding hydrogens is 156 g/mol. The van der Waals surface area contributed by atoms with Crippen LogP contribution in [-0.2, 0) is 6.42 Å². The minimum atomic E-state index is 0.776. The molecule has 1 aliphatic rings. The molecule has 0 aromatic carbocycles. The van der Waals surface area contributed by atoms with Crippen molar-refractivity contribution < 1.29 is 0 Å². The lowest BCUT2D eigenvalue weighted by Gasteiger charge is -1.84. The first-order valence-corrected chi connectivity index (χ1v) is 5.04. The summed E-state index contributed by atoms with van der Waals surface area (Å²) in [5, 5.41) is 10.8. The average Bonchev–Trinajstić information content (AvgIpc) is 2.75. The Kier molecular flexibility index (Phi) is 1.90. The van der Waals surface area contributed by atoms with E-state index < -0.39 is 0 Å². The van der Waals surface area contributed by atoms with Crippen LogP contribution in [0.3, 0.4) is 0 Å². The Morgan fingerprint density at radius 1 is 1.45 bits per heavy atom. The van der Waals surface area contributed by atoms with E-state index in [2.05, 4.69) is 17.1 Å². The fourth-order valence-electron chi connectivity index (χ4n) is 1.08. The van der Waals surface area contributed by atoms with E-state index in [4.69, 9.17) is 0 Å². The molecule has 1 fully saturated rings. The number of aromatic nitrogens is 2. The van der Waals surface area contributed by atoms with Gasteiger partial charge in [0.15, 0.2) is 0 Å². The lowest BCUT2D eigenvalue weighted by atomic mass is 10.4. The second kappa shape index (κ2) is 2.89. The molecule has 0 radical (unpaired) electrons. The minimum absolute atomic E-state index is 0.776. The van der Waals surface area contributed by atoms with Gasteiger partial charge in [0.1, 0.15) is 10.0 Å². The van der Waals surface area contributed by atoms with E-state index in [1.54, 1.807) is 11.3 Å². The number of hydrogen-bond donors (Lipinski definition) is 0. The van der Waals surface area contributed by atoms with Crippen LogP contribution >= 0.6 is 11.3 Å². The van der Waals surface area contributed by atoms with Crippen molar-refractivity contribution >= 4 is 11.3 Å². The lowest BCUT2D eigenvalue weighted by molar-refractivity contribution is 0.865. The molecular formula is C8H12N2S. The first-order chi connectivity index (χ1) is 5.40. The zero-order chi connectivity index (χ0) is 7.68. The third kappa shape index (κ3) is 1.59. The van der Waals surface area contributed by atoms with Crippen molar-refractivity contribution in [3.63, 3.8) is 0 Å². The molecule has 0 saturated heterocycles. The van der Waals surface area contributed by atoms with Gasteiger partial charge in [-0.15, -0.1) is 21.5 Å². The van der Waals surface area contributed by atoms with Crippen molar-refractivity contribution in [1.29, 1.82) is 0 Å². The predicted octanol–water partition coefficient (Wildman–Crippen LogP) is 2.37. The Bertz CT molecular complexity index is 240. The summed E-state index contributed by atoms with van der Waals surface area (Å²) < 4.78 is 0. The fourth-order valence-corrected chi connectivity index (χ4v) is 2.19. The van der Waals surface area contributed by atoms with Crippen LogP contribution in [0.5, 0.6) is 0 Å². The minimum Gasteiger partial charge on any atom is -0.144 e. The Morgan fingerprint density at radius 2 is 2.27 bits per heavy atom. The van der Waals surface area contributed by atoms with Crippen LogP contribution in [0.25, 0.3) is 0 Å². The summed E-state index contributed by atoms with van der Waals surface area (Å²) in [7, 11) is 0. The van der Waals surface area contributed by atoms with Crippen LogP contribution in [0, 0.1) is 0 Å². The molecule has 1 aromatic heterocycles. The van der Waals surface area contributed by atoms with Gasteiger partial charge in [0.05, 0.1) is 0 Å². The standard InChI is InChI=1S/C8H12N2S/c1-2-3-7-9-10-8(11-7)6-4-5-6/h6H,2-5H2,1H3. The Morgan fingerprint density at radius 3 is 2.91 bits per heavy atom. The van der Waals surface area contributed by atoms with E-state index in [-0.39, 0.29) is 0 Å². The maximum atomic E-state index is 4.17. The molecule has 60 valence electrons. The maximum Gasteiger partial charge on any atom is 0.120 e. The molecule has 11 heavy (non-hydrogen) atoms. The Hall–Kier alpha value is -0.440. The Labute approximate surface area is 70.7 Å². The number of aryl methyl sites for hydroxylation is 1. The normalized spacial score (nSPS) is 17.2. The summed E-state index contributed by atoms with van der Waals surface area (Å²) >= 11 is 1.81. The van der Waals surface area contributed by atoms with Crippen molar-refractivity contribution in [2.75, 3.05) is 0 Å². The van der Waals surface area contributed by atoms with Gasteiger partial charge in [-0.1, -0.05) is 6.92 Å². The summed E-state index contributed by atoms with van der Waals surface area (Å²) in [5.74, 6) is 0.776. The Balaban J connectivity index is 2.06. The summed E-state index contributed by atoms with van der Waals surface area (Å²) in [4.78, 5) is 0. The lowest BCUT2D eigenvalue weighted by Crippen LogP contribution is -1.79. The van der Waals surface area contributed by atoms with E-state index in [0.717, 1.165) is 12.3 Å². The summed E-state index contributed by atoms with van der Waals surface area (Å²) in [5.41, 5.74) is 0. The van der Waals surface area contributed by atoms with Crippen LogP contribution in [0.2, 0.25) is 0 Å². The van der Waals surface area contributed by atoms with Crippen molar-refractivity contribution in [1.82, 2.24) is 10.2 Å². The van der Waals surface area contributed by atoms with Crippen molar-refractivity contribution in [2.24, 2.45) is 0 Å². The van der Waals surface area contributed by atoms with Crippen LogP contribution < -0.4 is 0 Å². The molecule has 0 N–H and O–H groups in total. The molecule has 1 aromatic rings. The molecule has 0 bridgehead atoms. The molecule has 0 unspecified atom stereocenters. The number of rotatable bonds is 3. The van der Waals surface area contributed by atoms with Crippen molar-refractivity contribution in [3.05, 3.63) is 10.0 Å². The van der Waals surface area contributed by atoms with Gasteiger partial charge in [0.25, 0.3) is 0 Å². The van der Waals surface area contributed by atoms with E-state index in [1.165, 1.54) is 29.3 Å². The zero-order valence-corrected chi connectivity index (χ0v) is 7.52. The summed E-state index contributed by atoms with van der Waals surface area (Å²) in [6.45, 7) is 2.18. The van der Waals surface area contributed by atoms with E-state index >= 15 is 0 Å². The predicted molar refractivity (Wildman–Crippen MR) is 45.9 cm³/mol. The molecule has 3 heteroatoms. The molecule has 2 nitrogen and oxygen atoms in total. The summed E-state index contributed by atoms with van der Waals surface area (Å²) in [6.07, 6.45) is 4.95. The first-order valence-electron chi connectivity index (χ1n) is 4.22. The third-order valence-corrected chi connectivity index (χ3v) is 3.02. The van der Waals surface area contributed by atoms with Crippen molar-refractivity contribution in [2.45, 2.75) is 38.5 Å². The molecule has 0 amide bonds. The molecule has 2 rings (SSSR count). The SMILES string of the molecule is CCCc1nnc(C2CC2)s1. The molecule has 0 aliphatic heterocycles. The van der Waals surface area contributed by atoms with Crippen LogP contribution in [-0.4, -0.2) is 10.2 Å². The summed E-state index contributed by atoms with van der Waals surface area (Å²) in [6, 6.07) is 0. The van der Waals surface area contributed by atoms with Gasteiger partial charge in [-0.05, 0) is 19.3 Å². The van der Waals surface area contributed by atoms with E-state index in [1.807, 2.05) is 0 Å². The van der Waals surface area contributed by atoms with Crippen molar-refractivity contribution in [3.8, 4) is 0 Å². The third-order valence-electron chi connectivity index (χ3n) is 1.87. The maximum absolute atomic E-state index is 4.17. The van der Waals surface area contributed by atoms with E-state index in [0.29, 0.717) is 0 Å². The first kappa shape index (κ1) is 7.22. The van der Waals surface area contributed by atoms with Gasteiger partial charge in [0, 0.05) is 12.3 Å². The quantitative estimate of drug-likeness (QED) is 0.692. The van der Waals surface area contributed by atoms with Gasteiger partial charge in [-0.25, -0.2) is 0 Å². The van der Waals surface area contributed by atoms with Gasteiger partial charge in [0.2, 0.25) is 0 Å². The molecule has 1 aliphatic carbocycles. The monoisotopic (exact) mass is 168 g/mol. The second-order valence-corrected chi connectivity index (χ2v) is 4.15. The van der Waals surface area contributed by atoms with Crippen LogP contribution in [0.4, 0.5) is 0 Å². The number of nitrogens with zero attached hydrogens (tertiary/aromatic N) is 2. The largest absolute Gasteiger partial charge is 0.144 e. The van der Waals surface area contributed by atoms with Crippen LogP contribution in [0.1, 0.15) is 42.1 Å². The number of hydrogen-bond acceptors (Lipinski definition) is 3. The highest BCUT2D eigenvalue weighted by molar-refractivity contribution is 7.11.